The van der Waals surface area contributed by atoms with Gasteiger partial charge in [-0.25, -0.2) is 0 Å². The van der Waals surface area contributed by atoms with Crippen LogP contribution in [0.3, 0.4) is 0 Å². The molecule has 0 bridgehead atoms. The van der Waals surface area contributed by atoms with E-state index < -0.39 is 5.54 Å². The third-order valence-corrected chi connectivity index (χ3v) is 4.59. The Bertz CT molecular complexity index is 564. The second-order valence-corrected chi connectivity index (χ2v) is 5.71. The summed E-state index contributed by atoms with van der Waals surface area (Å²) >= 11 is 0. The number of rotatable bonds is 3. The quantitative estimate of drug-likeness (QED) is 0.916. The fourth-order valence-corrected chi connectivity index (χ4v) is 3.48. The zero-order valence-electron chi connectivity index (χ0n) is 12.2. The van der Waals surface area contributed by atoms with Crippen molar-refractivity contribution in [2.45, 2.75) is 37.8 Å². The number of hydrogen-bond donors (Lipinski definition) is 1. The van der Waals surface area contributed by atoms with Crippen LogP contribution in [0, 0.1) is 0 Å². The summed E-state index contributed by atoms with van der Waals surface area (Å²) in [5, 5.41) is 2.75. The summed E-state index contributed by atoms with van der Waals surface area (Å²) < 4.78 is 5.36. The van der Waals surface area contributed by atoms with E-state index in [1.165, 1.54) is 0 Å². The molecule has 2 aliphatic rings. The summed E-state index contributed by atoms with van der Waals surface area (Å²) in [6.45, 7) is 0.520. The molecule has 1 N–H and O–H groups in total. The van der Waals surface area contributed by atoms with Gasteiger partial charge in [0.1, 0.15) is 11.3 Å². The standard InChI is InChI=1S/C16H20N2O3/c1-21-13-7-3-2-6-12(13)11-18-14(19)10-17-15(20)16(18)8-4-5-9-16/h2-3,6-7H,4-5,8-11H2,1H3,(H,17,20). The van der Waals surface area contributed by atoms with E-state index in [0.29, 0.717) is 6.54 Å². The molecular weight excluding hydrogens is 268 g/mol. The Labute approximate surface area is 124 Å². The number of ether oxygens (including phenoxy) is 1. The highest BCUT2D eigenvalue weighted by molar-refractivity contribution is 5.98. The van der Waals surface area contributed by atoms with E-state index in [4.69, 9.17) is 4.74 Å². The molecule has 1 spiro atoms. The van der Waals surface area contributed by atoms with Crippen LogP contribution in [0.25, 0.3) is 0 Å². The molecule has 3 rings (SSSR count). The maximum Gasteiger partial charge on any atom is 0.246 e. The van der Waals surface area contributed by atoms with Gasteiger partial charge >= 0.3 is 0 Å². The number of carbonyl (C=O) groups is 2. The molecule has 1 aromatic carbocycles. The van der Waals surface area contributed by atoms with Gasteiger partial charge in [-0.1, -0.05) is 31.0 Å². The molecule has 0 radical (unpaired) electrons. The summed E-state index contributed by atoms with van der Waals surface area (Å²) in [4.78, 5) is 26.5. The Balaban J connectivity index is 1.94. The Morgan fingerprint density at radius 2 is 1.95 bits per heavy atom. The van der Waals surface area contributed by atoms with Crippen molar-refractivity contribution < 1.29 is 14.3 Å². The molecule has 2 amide bonds. The largest absolute Gasteiger partial charge is 0.496 e. The lowest BCUT2D eigenvalue weighted by molar-refractivity contribution is -0.154. The first kappa shape index (κ1) is 13.9. The number of methoxy groups -OCH3 is 1. The van der Waals surface area contributed by atoms with Crippen molar-refractivity contribution in [2.24, 2.45) is 0 Å². The van der Waals surface area contributed by atoms with Gasteiger partial charge in [-0.2, -0.15) is 0 Å². The lowest BCUT2D eigenvalue weighted by atomic mass is 9.90. The van der Waals surface area contributed by atoms with Crippen LogP contribution in [0.15, 0.2) is 24.3 Å². The highest BCUT2D eigenvalue weighted by atomic mass is 16.5. The van der Waals surface area contributed by atoms with Crippen molar-refractivity contribution in [1.82, 2.24) is 10.2 Å². The molecule has 2 fully saturated rings. The first-order valence-electron chi connectivity index (χ1n) is 7.38. The predicted molar refractivity (Wildman–Crippen MR) is 77.8 cm³/mol. The molecule has 1 saturated heterocycles. The lowest BCUT2D eigenvalue weighted by Gasteiger charge is -2.43. The monoisotopic (exact) mass is 288 g/mol. The highest BCUT2D eigenvalue weighted by Gasteiger charge is 2.50. The molecule has 21 heavy (non-hydrogen) atoms. The zero-order valence-corrected chi connectivity index (χ0v) is 12.2. The molecule has 0 unspecified atom stereocenters. The maximum absolute atomic E-state index is 12.4. The molecule has 1 heterocycles. The van der Waals surface area contributed by atoms with Gasteiger partial charge in [-0.05, 0) is 18.9 Å². The molecule has 1 aliphatic heterocycles. The van der Waals surface area contributed by atoms with Gasteiger partial charge < -0.3 is 15.0 Å². The number of piperazine rings is 1. The van der Waals surface area contributed by atoms with E-state index in [1.807, 2.05) is 24.3 Å². The van der Waals surface area contributed by atoms with Gasteiger partial charge in [-0.3, -0.25) is 9.59 Å². The van der Waals surface area contributed by atoms with E-state index in [1.54, 1.807) is 12.0 Å². The van der Waals surface area contributed by atoms with Crippen molar-refractivity contribution in [3.63, 3.8) is 0 Å². The Hall–Kier alpha value is -2.04. The summed E-state index contributed by atoms with van der Waals surface area (Å²) in [6.07, 6.45) is 3.48. The molecule has 112 valence electrons. The van der Waals surface area contributed by atoms with Crippen LogP contribution >= 0.6 is 0 Å². The minimum absolute atomic E-state index is 0.00509. The summed E-state index contributed by atoms with van der Waals surface area (Å²) in [7, 11) is 1.62. The van der Waals surface area contributed by atoms with Crippen molar-refractivity contribution >= 4 is 11.8 Å². The summed E-state index contributed by atoms with van der Waals surface area (Å²) in [5.74, 6) is 0.737. The van der Waals surface area contributed by atoms with Crippen LogP contribution in [0.2, 0.25) is 0 Å². The van der Waals surface area contributed by atoms with Gasteiger partial charge in [-0.15, -0.1) is 0 Å². The van der Waals surface area contributed by atoms with Crippen molar-refractivity contribution in [2.75, 3.05) is 13.7 Å². The summed E-state index contributed by atoms with van der Waals surface area (Å²) in [6, 6.07) is 7.65. The average molecular weight is 288 g/mol. The minimum atomic E-state index is -0.657. The minimum Gasteiger partial charge on any atom is -0.496 e. The number of amides is 2. The number of hydrogen-bond acceptors (Lipinski definition) is 3. The predicted octanol–water partition coefficient (Wildman–Crippen LogP) is 1.47. The molecule has 0 atom stereocenters. The number of nitrogens with zero attached hydrogens (tertiary/aromatic N) is 1. The van der Waals surface area contributed by atoms with Gasteiger partial charge in [0, 0.05) is 5.56 Å². The lowest BCUT2D eigenvalue weighted by Crippen LogP contribution is -2.65. The van der Waals surface area contributed by atoms with Gasteiger partial charge in [0.25, 0.3) is 0 Å². The molecule has 1 aliphatic carbocycles. The fourth-order valence-electron chi connectivity index (χ4n) is 3.48. The maximum atomic E-state index is 12.4. The third kappa shape index (κ3) is 2.26. The molecule has 5 heteroatoms. The molecule has 1 aromatic rings. The van der Waals surface area contributed by atoms with E-state index >= 15 is 0 Å². The first-order valence-corrected chi connectivity index (χ1v) is 7.38. The third-order valence-electron chi connectivity index (χ3n) is 4.59. The van der Waals surface area contributed by atoms with Crippen molar-refractivity contribution in [1.29, 1.82) is 0 Å². The smallest absolute Gasteiger partial charge is 0.246 e. The van der Waals surface area contributed by atoms with E-state index in [9.17, 15) is 9.59 Å². The Kier molecular flexibility index (Phi) is 3.57. The first-order chi connectivity index (χ1) is 10.2. The molecular formula is C16H20N2O3. The van der Waals surface area contributed by atoms with E-state index in [0.717, 1.165) is 37.0 Å². The Morgan fingerprint density at radius 3 is 2.67 bits per heavy atom. The van der Waals surface area contributed by atoms with Crippen LogP contribution in [0.4, 0.5) is 0 Å². The number of para-hydroxylation sites is 1. The Morgan fingerprint density at radius 1 is 1.24 bits per heavy atom. The second-order valence-electron chi connectivity index (χ2n) is 5.71. The number of benzene rings is 1. The van der Waals surface area contributed by atoms with Crippen LogP contribution in [-0.4, -0.2) is 35.9 Å². The highest BCUT2D eigenvalue weighted by Crippen LogP contribution is 2.38. The normalized spacial score (nSPS) is 20.7. The van der Waals surface area contributed by atoms with Gasteiger partial charge in [0.05, 0.1) is 20.2 Å². The fraction of sp³-hybridized carbons (Fsp3) is 0.500. The zero-order chi connectivity index (χ0) is 14.9. The second kappa shape index (κ2) is 5.39. The SMILES string of the molecule is COc1ccccc1CN1C(=O)CNC(=O)C12CCCC2. The van der Waals surface area contributed by atoms with Crippen LogP contribution in [-0.2, 0) is 16.1 Å². The molecule has 5 nitrogen and oxygen atoms in total. The van der Waals surface area contributed by atoms with Gasteiger partial charge in [0.15, 0.2) is 0 Å². The van der Waals surface area contributed by atoms with Gasteiger partial charge in [0.2, 0.25) is 11.8 Å². The van der Waals surface area contributed by atoms with Crippen molar-refractivity contribution in [3.05, 3.63) is 29.8 Å². The van der Waals surface area contributed by atoms with Crippen molar-refractivity contribution in [3.8, 4) is 5.75 Å². The number of carbonyl (C=O) groups excluding carboxylic acids is 2. The van der Waals surface area contributed by atoms with E-state index in [-0.39, 0.29) is 18.4 Å². The average Bonchev–Trinajstić information content (AvgIpc) is 2.99. The topological polar surface area (TPSA) is 58.6 Å². The molecule has 1 saturated carbocycles. The van der Waals surface area contributed by atoms with Crippen LogP contribution in [0.5, 0.6) is 5.75 Å². The van der Waals surface area contributed by atoms with Crippen LogP contribution in [0.1, 0.15) is 31.2 Å². The van der Waals surface area contributed by atoms with E-state index in [2.05, 4.69) is 5.32 Å². The number of nitrogens with one attached hydrogen (secondary N) is 1. The summed E-state index contributed by atoms with van der Waals surface area (Å²) in [5.41, 5.74) is 0.283. The van der Waals surface area contributed by atoms with Crippen LogP contribution < -0.4 is 10.1 Å². The molecule has 0 aromatic heterocycles.